The van der Waals surface area contributed by atoms with E-state index in [1.807, 2.05) is 0 Å². The van der Waals surface area contributed by atoms with E-state index in [0.29, 0.717) is 13.5 Å². The zero-order valence-electron chi connectivity index (χ0n) is 22.1. The average molecular weight is 491 g/mol. The molecule has 0 aromatic heterocycles. The van der Waals surface area contributed by atoms with Crippen LogP contribution in [0.3, 0.4) is 0 Å². The van der Waals surface area contributed by atoms with E-state index < -0.39 is 0 Å². The number of aryl methyl sites for hydroxylation is 2. The normalized spacial score (nSPS) is 14.9. The zero-order chi connectivity index (χ0) is 25.6. The van der Waals surface area contributed by atoms with E-state index in [-0.39, 0.29) is 5.41 Å². The molecule has 0 saturated heterocycles. The van der Waals surface area contributed by atoms with Crippen molar-refractivity contribution >= 4 is 11.4 Å². The molecule has 6 rings (SSSR count). The highest BCUT2D eigenvalue weighted by Gasteiger charge is 2.28. The van der Waals surface area contributed by atoms with Crippen LogP contribution in [-0.2, 0) is 18.5 Å². The number of rotatable bonds is 4. The topological polar surface area (TPSA) is 24.9 Å². The first-order chi connectivity index (χ1) is 17.9. The summed E-state index contributed by atoms with van der Waals surface area (Å²) in [6.45, 7) is 11.7. The first-order valence-corrected chi connectivity index (χ1v) is 13.0. The fourth-order valence-electron chi connectivity index (χ4n) is 5.27. The third-order valence-electron chi connectivity index (χ3n) is 7.84. The largest absolute Gasteiger partial charge is 0.473 e. The number of benzene rings is 4. The van der Waals surface area contributed by atoms with Gasteiger partial charge < -0.3 is 19.3 Å². The van der Waals surface area contributed by atoms with E-state index >= 15 is 0 Å². The van der Waals surface area contributed by atoms with Crippen LogP contribution in [-0.4, -0.2) is 13.5 Å². The lowest BCUT2D eigenvalue weighted by Crippen LogP contribution is -2.33. The van der Waals surface area contributed by atoms with Crippen molar-refractivity contribution < 1.29 is 9.47 Å². The van der Waals surface area contributed by atoms with Gasteiger partial charge in [0.1, 0.15) is 11.5 Å². The summed E-state index contributed by atoms with van der Waals surface area (Å²) < 4.78 is 12.3. The molecule has 4 heteroatoms. The van der Waals surface area contributed by atoms with Crippen LogP contribution in [0.5, 0.6) is 11.5 Å². The molecule has 2 aliphatic rings. The van der Waals surface area contributed by atoms with Gasteiger partial charge in [-0.3, -0.25) is 0 Å². The van der Waals surface area contributed by atoms with Gasteiger partial charge in [-0.1, -0.05) is 61.4 Å². The Bertz CT molecular complexity index is 1320. The van der Waals surface area contributed by atoms with E-state index in [4.69, 9.17) is 9.47 Å². The van der Waals surface area contributed by atoms with Crippen LogP contribution in [0.25, 0.3) is 0 Å². The molecule has 0 fully saturated rings. The van der Waals surface area contributed by atoms with Gasteiger partial charge in [0.15, 0.2) is 13.5 Å². The molecule has 0 unspecified atom stereocenters. The zero-order valence-corrected chi connectivity index (χ0v) is 22.1. The molecule has 4 aromatic rings. The number of fused-ring (bicyclic) bond motifs is 2. The highest BCUT2D eigenvalue weighted by Crippen LogP contribution is 2.39. The quantitative estimate of drug-likeness (QED) is 0.299. The molecule has 0 saturated carbocycles. The van der Waals surface area contributed by atoms with Crippen LogP contribution < -0.4 is 19.3 Å². The molecular formula is C33H34N2O2. The van der Waals surface area contributed by atoms with Gasteiger partial charge in [-0.25, -0.2) is 0 Å². The lowest BCUT2D eigenvalue weighted by atomic mass is 9.77. The minimum atomic E-state index is -0.164. The van der Waals surface area contributed by atoms with Crippen molar-refractivity contribution in [2.24, 2.45) is 0 Å². The second kappa shape index (κ2) is 9.19. The predicted octanol–water partition coefficient (Wildman–Crippen LogP) is 7.34. The van der Waals surface area contributed by atoms with Gasteiger partial charge >= 0.3 is 0 Å². The van der Waals surface area contributed by atoms with Crippen LogP contribution in [0.1, 0.15) is 47.2 Å². The van der Waals surface area contributed by atoms with Crippen LogP contribution in [0.4, 0.5) is 11.4 Å². The molecule has 0 atom stereocenters. The van der Waals surface area contributed by atoms with Crippen molar-refractivity contribution in [3.63, 3.8) is 0 Å². The molecular weight excluding hydrogens is 456 g/mol. The van der Waals surface area contributed by atoms with E-state index in [2.05, 4.69) is 122 Å². The lowest BCUT2D eigenvalue weighted by Gasteiger charge is -2.34. The van der Waals surface area contributed by atoms with Gasteiger partial charge in [0.05, 0.1) is 0 Å². The molecule has 0 spiro atoms. The maximum Gasteiger partial charge on any atom is 0.161 e. The van der Waals surface area contributed by atoms with Gasteiger partial charge in [0.2, 0.25) is 0 Å². The SMILES string of the molecule is Cc1ccc(N2COc3ccc(C(C)(C)c4ccc5c(c4)CN(c4ccc(C)cc4)CO5)cc3C2)cc1. The summed E-state index contributed by atoms with van der Waals surface area (Å²) in [7, 11) is 0. The lowest BCUT2D eigenvalue weighted by molar-refractivity contribution is 0.288. The van der Waals surface area contributed by atoms with Crippen molar-refractivity contribution in [3.05, 3.63) is 118 Å². The summed E-state index contributed by atoms with van der Waals surface area (Å²) >= 11 is 0. The summed E-state index contributed by atoms with van der Waals surface area (Å²) in [4.78, 5) is 4.57. The fourth-order valence-corrected chi connectivity index (χ4v) is 5.27. The van der Waals surface area contributed by atoms with Crippen LogP contribution in [0.15, 0.2) is 84.9 Å². The van der Waals surface area contributed by atoms with Gasteiger partial charge in [-0.15, -0.1) is 0 Å². The van der Waals surface area contributed by atoms with Gasteiger partial charge in [0, 0.05) is 41.0 Å². The van der Waals surface area contributed by atoms with E-state index in [1.54, 1.807) is 0 Å². The third-order valence-corrected chi connectivity index (χ3v) is 7.84. The maximum absolute atomic E-state index is 6.13. The summed E-state index contributed by atoms with van der Waals surface area (Å²) in [5, 5.41) is 0. The predicted molar refractivity (Wildman–Crippen MR) is 151 cm³/mol. The van der Waals surface area contributed by atoms with E-state index in [0.717, 1.165) is 24.6 Å². The van der Waals surface area contributed by atoms with Crippen molar-refractivity contribution in [3.8, 4) is 11.5 Å². The average Bonchev–Trinajstić information content (AvgIpc) is 2.92. The first kappa shape index (κ1) is 23.5. The third kappa shape index (κ3) is 4.53. The Morgan fingerprint density at radius 1 is 0.568 bits per heavy atom. The Kier molecular flexibility index (Phi) is 5.83. The van der Waals surface area contributed by atoms with Crippen molar-refractivity contribution in [1.82, 2.24) is 0 Å². The Labute approximate surface area is 220 Å². The second-order valence-electron chi connectivity index (χ2n) is 10.9. The molecule has 0 bridgehead atoms. The number of hydrogen-bond donors (Lipinski definition) is 0. The first-order valence-electron chi connectivity index (χ1n) is 13.0. The van der Waals surface area contributed by atoms with Crippen LogP contribution >= 0.6 is 0 Å². The molecule has 4 aromatic carbocycles. The monoisotopic (exact) mass is 490 g/mol. The molecule has 188 valence electrons. The maximum atomic E-state index is 6.13. The second-order valence-corrected chi connectivity index (χ2v) is 10.9. The minimum Gasteiger partial charge on any atom is -0.473 e. The number of ether oxygens (including phenoxy) is 2. The standard InChI is InChI=1S/C33H34N2O2/c1-23-5-11-29(12-6-23)34-19-25-17-27(9-15-31(25)36-21-34)33(3,4)28-10-16-32-26(18-28)20-35(22-37-32)30-13-7-24(2)8-14-30/h5-18H,19-22H2,1-4H3. The molecule has 2 aliphatic heterocycles. The Hall–Kier alpha value is -3.92. The van der Waals surface area contributed by atoms with Gasteiger partial charge in [-0.2, -0.15) is 0 Å². The smallest absolute Gasteiger partial charge is 0.161 e. The molecule has 2 heterocycles. The summed E-state index contributed by atoms with van der Waals surface area (Å²) in [6.07, 6.45) is 0. The number of nitrogens with zero attached hydrogens (tertiary/aromatic N) is 2. The molecule has 0 N–H and O–H groups in total. The Balaban J connectivity index is 1.26. The molecule has 37 heavy (non-hydrogen) atoms. The molecule has 4 nitrogen and oxygen atoms in total. The summed E-state index contributed by atoms with van der Waals surface area (Å²) in [5.41, 5.74) is 9.77. The van der Waals surface area contributed by atoms with Gasteiger partial charge in [0.25, 0.3) is 0 Å². The highest BCUT2D eigenvalue weighted by molar-refractivity contribution is 5.55. The van der Waals surface area contributed by atoms with Gasteiger partial charge in [-0.05, 0) is 73.5 Å². The summed E-state index contributed by atoms with van der Waals surface area (Å²) in [5.74, 6) is 1.96. The Morgan fingerprint density at radius 2 is 0.973 bits per heavy atom. The van der Waals surface area contributed by atoms with E-state index in [9.17, 15) is 0 Å². The molecule has 0 aliphatic carbocycles. The molecule has 0 radical (unpaired) electrons. The highest BCUT2D eigenvalue weighted by atomic mass is 16.5. The van der Waals surface area contributed by atoms with Crippen molar-refractivity contribution in [2.75, 3.05) is 23.3 Å². The summed E-state index contributed by atoms with van der Waals surface area (Å²) in [6, 6.07) is 30.7. The van der Waals surface area contributed by atoms with E-state index in [1.165, 1.54) is 44.8 Å². The number of hydrogen-bond acceptors (Lipinski definition) is 4. The number of anilines is 2. The van der Waals surface area contributed by atoms with Crippen molar-refractivity contribution in [1.29, 1.82) is 0 Å². The minimum absolute atomic E-state index is 0.164. The molecule has 0 amide bonds. The Morgan fingerprint density at radius 3 is 1.38 bits per heavy atom. The van der Waals surface area contributed by atoms with Crippen molar-refractivity contribution in [2.45, 2.75) is 46.2 Å². The van der Waals surface area contributed by atoms with Crippen LogP contribution in [0, 0.1) is 13.8 Å². The van der Waals surface area contributed by atoms with Crippen LogP contribution in [0.2, 0.25) is 0 Å². The fraction of sp³-hybridized carbons (Fsp3) is 0.273.